The number of carbonyl (C=O) groups excluding carboxylic acids is 1. The molecule has 106 valence electrons. The molecule has 0 radical (unpaired) electrons. The molecule has 0 heterocycles. The molecule has 1 aromatic carbocycles. The maximum atomic E-state index is 12.8. The van der Waals surface area contributed by atoms with Crippen LogP contribution in [0.25, 0.3) is 0 Å². The van der Waals surface area contributed by atoms with Crippen molar-refractivity contribution in [1.82, 2.24) is 4.90 Å². The Morgan fingerprint density at radius 1 is 1.11 bits per heavy atom. The summed E-state index contributed by atoms with van der Waals surface area (Å²) in [5.74, 6) is -0.312. The van der Waals surface area contributed by atoms with Gasteiger partial charge in [-0.15, -0.1) is 0 Å². The zero-order valence-corrected chi connectivity index (χ0v) is 11.4. The number of hydrogen-bond donors (Lipinski definition) is 0. The van der Waals surface area contributed by atoms with Crippen LogP contribution in [0.4, 0.5) is 4.39 Å². The maximum Gasteiger partial charge on any atom is 0.227 e. The summed E-state index contributed by atoms with van der Waals surface area (Å²) in [6, 6.07) is 5.96. The Hall–Kier alpha value is -1.46. The van der Waals surface area contributed by atoms with Crippen molar-refractivity contribution in [2.75, 3.05) is 40.5 Å². The Labute approximate surface area is 113 Å². The first-order valence-corrected chi connectivity index (χ1v) is 6.17. The van der Waals surface area contributed by atoms with Gasteiger partial charge in [0.25, 0.3) is 0 Å². The highest BCUT2D eigenvalue weighted by Crippen LogP contribution is 2.05. The molecule has 0 fully saturated rings. The third kappa shape index (κ3) is 5.81. The quantitative estimate of drug-likeness (QED) is 0.717. The van der Waals surface area contributed by atoms with E-state index in [1.165, 1.54) is 12.1 Å². The monoisotopic (exact) mass is 269 g/mol. The third-order valence-electron chi connectivity index (χ3n) is 2.75. The molecule has 1 amide bonds. The van der Waals surface area contributed by atoms with Gasteiger partial charge in [-0.25, -0.2) is 4.39 Å². The second kappa shape index (κ2) is 8.61. The van der Waals surface area contributed by atoms with Crippen LogP contribution in [-0.4, -0.2) is 51.3 Å². The van der Waals surface area contributed by atoms with Crippen LogP contribution in [0.5, 0.6) is 0 Å². The lowest BCUT2D eigenvalue weighted by molar-refractivity contribution is -0.131. The fourth-order valence-electron chi connectivity index (χ4n) is 1.65. The minimum atomic E-state index is -0.299. The molecule has 0 saturated heterocycles. The Morgan fingerprint density at radius 2 is 1.63 bits per heavy atom. The molecular weight excluding hydrogens is 249 g/mol. The SMILES string of the molecule is COCCN(CCOC)C(=O)Cc1ccc(F)cc1. The fourth-order valence-corrected chi connectivity index (χ4v) is 1.65. The van der Waals surface area contributed by atoms with E-state index in [-0.39, 0.29) is 18.1 Å². The number of methoxy groups -OCH3 is 2. The van der Waals surface area contributed by atoms with Gasteiger partial charge in [-0.1, -0.05) is 12.1 Å². The molecule has 0 atom stereocenters. The molecule has 0 N–H and O–H groups in total. The van der Waals surface area contributed by atoms with E-state index in [1.807, 2.05) is 0 Å². The molecule has 4 nitrogen and oxygen atoms in total. The number of carbonyl (C=O) groups is 1. The molecular formula is C14H20FNO3. The molecule has 1 rings (SSSR count). The van der Waals surface area contributed by atoms with E-state index >= 15 is 0 Å². The molecule has 0 unspecified atom stereocenters. The van der Waals surface area contributed by atoms with E-state index in [4.69, 9.17) is 9.47 Å². The van der Waals surface area contributed by atoms with Crippen molar-refractivity contribution >= 4 is 5.91 Å². The molecule has 1 aromatic rings. The Morgan fingerprint density at radius 3 is 2.11 bits per heavy atom. The van der Waals surface area contributed by atoms with Gasteiger partial charge >= 0.3 is 0 Å². The molecule has 5 heteroatoms. The standard InChI is InChI=1S/C14H20FNO3/c1-18-9-7-16(8-10-19-2)14(17)11-12-3-5-13(15)6-4-12/h3-6H,7-11H2,1-2H3. The van der Waals surface area contributed by atoms with Crippen molar-refractivity contribution in [2.45, 2.75) is 6.42 Å². The Balaban J connectivity index is 2.56. The summed E-state index contributed by atoms with van der Waals surface area (Å²) in [6.07, 6.45) is 0.258. The maximum absolute atomic E-state index is 12.8. The predicted octanol–water partition coefficient (Wildman–Crippen LogP) is 1.49. The van der Waals surface area contributed by atoms with Crippen LogP contribution in [0, 0.1) is 5.82 Å². The van der Waals surface area contributed by atoms with Gasteiger partial charge < -0.3 is 14.4 Å². The van der Waals surface area contributed by atoms with E-state index in [0.717, 1.165) is 5.56 Å². The fraction of sp³-hybridized carbons (Fsp3) is 0.500. The predicted molar refractivity (Wildman–Crippen MR) is 70.4 cm³/mol. The average molecular weight is 269 g/mol. The summed E-state index contributed by atoms with van der Waals surface area (Å²) in [5.41, 5.74) is 0.797. The lowest BCUT2D eigenvalue weighted by atomic mass is 10.1. The van der Waals surface area contributed by atoms with Crippen LogP contribution in [-0.2, 0) is 20.7 Å². The van der Waals surface area contributed by atoms with Gasteiger partial charge in [0, 0.05) is 27.3 Å². The summed E-state index contributed by atoms with van der Waals surface area (Å²) in [7, 11) is 3.19. The second-order valence-electron chi connectivity index (χ2n) is 4.17. The van der Waals surface area contributed by atoms with Gasteiger partial charge in [-0.2, -0.15) is 0 Å². The topological polar surface area (TPSA) is 38.8 Å². The zero-order chi connectivity index (χ0) is 14.1. The minimum absolute atomic E-state index is 0.0132. The highest BCUT2D eigenvalue weighted by Gasteiger charge is 2.13. The molecule has 0 saturated carbocycles. The molecule has 0 aromatic heterocycles. The first-order valence-electron chi connectivity index (χ1n) is 6.17. The van der Waals surface area contributed by atoms with E-state index in [2.05, 4.69) is 0 Å². The van der Waals surface area contributed by atoms with Crippen molar-refractivity contribution in [3.63, 3.8) is 0 Å². The van der Waals surface area contributed by atoms with E-state index in [9.17, 15) is 9.18 Å². The van der Waals surface area contributed by atoms with E-state index in [1.54, 1.807) is 31.3 Å². The first-order chi connectivity index (χ1) is 9.17. The molecule has 0 aliphatic rings. The number of hydrogen-bond acceptors (Lipinski definition) is 3. The zero-order valence-electron chi connectivity index (χ0n) is 11.4. The van der Waals surface area contributed by atoms with Gasteiger partial charge in [0.2, 0.25) is 5.91 Å². The summed E-state index contributed by atoms with van der Waals surface area (Å²) in [6.45, 7) is 2.03. The minimum Gasteiger partial charge on any atom is -0.383 e. The molecule has 19 heavy (non-hydrogen) atoms. The van der Waals surface area contributed by atoms with Crippen LogP contribution in [0.1, 0.15) is 5.56 Å². The first kappa shape index (κ1) is 15.6. The van der Waals surface area contributed by atoms with Gasteiger partial charge in [-0.05, 0) is 17.7 Å². The molecule has 0 bridgehead atoms. The summed E-state index contributed by atoms with van der Waals surface area (Å²) in [5, 5.41) is 0. The van der Waals surface area contributed by atoms with Crippen molar-refractivity contribution < 1.29 is 18.7 Å². The Bertz CT molecular complexity index is 373. The average Bonchev–Trinajstić information content (AvgIpc) is 2.41. The smallest absolute Gasteiger partial charge is 0.227 e. The molecule has 0 spiro atoms. The van der Waals surface area contributed by atoms with Crippen LogP contribution >= 0.6 is 0 Å². The van der Waals surface area contributed by atoms with Crippen molar-refractivity contribution in [2.24, 2.45) is 0 Å². The number of halogens is 1. The van der Waals surface area contributed by atoms with Crippen molar-refractivity contribution in [1.29, 1.82) is 0 Å². The van der Waals surface area contributed by atoms with Gasteiger partial charge in [0.15, 0.2) is 0 Å². The molecule has 0 aliphatic carbocycles. The molecule has 0 aliphatic heterocycles. The number of ether oxygens (including phenoxy) is 2. The lowest BCUT2D eigenvalue weighted by Gasteiger charge is -2.22. The second-order valence-corrected chi connectivity index (χ2v) is 4.17. The van der Waals surface area contributed by atoms with Gasteiger partial charge in [0.1, 0.15) is 5.82 Å². The number of benzene rings is 1. The largest absolute Gasteiger partial charge is 0.383 e. The number of amides is 1. The van der Waals surface area contributed by atoms with Crippen LogP contribution < -0.4 is 0 Å². The lowest BCUT2D eigenvalue weighted by Crippen LogP contribution is -2.37. The summed E-state index contributed by atoms with van der Waals surface area (Å²) >= 11 is 0. The highest BCUT2D eigenvalue weighted by atomic mass is 19.1. The van der Waals surface area contributed by atoms with Crippen molar-refractivity contribution in [3.05, 3.63) is 35.6 Å². The van der Waals surface area contributed by atoms with Crippen molar-refractivity contribution in [3.8, 4) is 0 Å². The number of nitrogens with zero attached hydrogens (tertiary/aromatic N) is 1. The van der Waals surface area contributed by atoms with Crippen LogP contribution in [0.15, 0.2) is 24.3 Å². The highest BCUT2D eigenvalue weighted by molar-refractivity contribution is 5.78. The van der Waals surface area contributed by atoms with Crippen LogP contribution in [0.2, 0.25) is 0 Å². The summed E-state index contributed by atoms with van der Waals surface area (Å²) < 4.78 is 22.8. The summed E-state index contributed by atoms with van der Waals surface area (Å²) in [4.78, 5) is 13.8. The third-order valence-corrected chi connectivity index (χ3v) is 2.75. The number of rotatable bonds is 8. The van der Waals surface area contributed by atoms with Crippen LogP contribution in [0.3, 0.4) is 0 Å². The van der Waals surface area contributed by atoms with E-state index in [0.29, 0.717) is 26.3 Å². The van der Waals surface area contributed by atoms with Gasteiger partial charge in [0.05, 0.1) is 19.6 Å². The normalized spacial score (nSPS) is 10.5. The van der Waals surface area contributed by atoms with Gasteiger partial charge in [-0.3, -0.25) is 4.79 Å². The Kier molecular flexibility index (Phi) is 7.07. The van der Waals surface area contributed by atoms with E-state index < -0.39 is 0 Å².